The Kier molecular flexibility index (Phi) is 5.52. The van der Waals surface area contributed by atoms with E-state index in [0.717, 1.165) is 16.0 Å². The normalized spacial score (nSPS) is 15.8. The van der Waals surface area contributed by atoms with Gasteiger partial charge in [0.05, 0.1) is 13.0 Å². The number of nitrogens with zero attached hydrogens (tertiary/aromatic N) is 1. The largest absolute Gasteiger partial charge is 0.497 e. The van der Waals surface area contributed by atoms with Crippen LogP contribution in [0, 0.1) is 0 Å². The Morgan fingerprint density at radius 3 is 2.85 bits per heavy atom. The summed E-state index contributed by atoms with van der Waals surface area (Å²) in [4.78, 5) is 28.0. The molecule has 0 fully saturated rings. The number of fused-ring (bicyclic) bond motifs is 1. The van der Waals surface area contributed by atoms with Gasteiger partial charge in [-0.15, -0.1) is 11.8 Å². The van der Waals surface area contributed by atoms with E-state index in [1.165, 1.54) is 0 Å². The maximum Gasteiger partial charge on any atom is 0.230 e. The summed E-state index contributed by atoms with van der Waals surface area (Å²) >= 11 is 1.67. The standard InChI is InChI=1S/C20H22N2O3S/c1-22(12-13-5-4-6-15(9-13)26-3)20(24)17-11-19(23)21-18-8-7-14(25-2)10-16(17)18/h4-10,17H,11-12H2,1-3H3,(H,21,23)/t17-/m0/s1. The Morgan fingerprint density at radius 1 is 1.31 bits per heavy atom. The van der Waals surface area contributed by atoms with Gasteiger partial charge in [0.25, 0.3) is 0 Å². The van der Waals surface area contributed by atoms with Crippen molar-refractivity contribution in [3.63, 3.8) is 0 Å². The molecule has 0 saturated carbocycles. The van der Waals surface area contributed by atoms with Gasteiger partial charge in [0.15, 0.2) is 0 Å². The van der Waals surface area contributed by atoms with Gasteiger partial charge in [-0.1, -0.05) is 12.1 Å². The third kappa shape index (κ3) is 3.85. The van der Waals surface area contributed by atoms with Crippen LogP contribution in [0.15, 0.2) is 47.4 Å². The molecule has 1 atom stereocenters. The molecule has 0 bridgehead atoms. The lowest BCUT2D eigenvalue weighted by molar-refractivity contribution is -0.134. The zero-order chi connectivity index (χ0) is 18.7. The van der Waals surface area contributed by atoms with Gasteiger partial charge in [-0.05, 0) is 47.7 Å². The SMILES string of the molecule is COc1ccc2c(c1)[C@@H](C(=O)N(C)Cc1cccc(SC)c1)CC(=O)N2. The van der Waals surface area contributed by atoms with Crippen LogP contribution in [0.2, 0.25) is 0 Å². The molecule has 1 aliphatic heterocycles. The first-order valence-corrected chi connectivity index (χ1v) is 9.60. The van der Waals surface area contributed by atoms with E-state index in [-0.39, 0.29) is 18.2 Å². The number of benzene rings is 2. The molecule has 1 N–H and O–H groups in total. The van der Waals surface area contributed by atoms with Crippen LogP contribution in [0.5, 0.6) is 5.75 Å². The lowest BCUT2D eigenvalue weighted by Crippen LogP contribution is -2.36. The van der Waals surface area contributed by atoms with E-state index in [1.807, 2.05) is 30.5 Å². The summed E-state index contributed by atoms with van der Waals surface area (Å²) in [5.41, 5.74) is 2.55. The summed E-state index contributed by atoms with van der Waals surface area (Å²) in [6.45, 7) is 0.505. The Morgan fingerprint density at radius 2 is 2.12 bits per heavy atom. The molecule has 6 heteroatoms. The number of methoxy groups -OCH3 is 1. The topological polar surface area (TPSA) is 58.6 Å². The smallest absolute Gasteiger partial charge is 0.230 e. The van der Waals surface area contributed by atoms with E-state index in [9.17, 15) is 9.59 Å². The van der Waals surface area contributed by atoms with Crippen molar-refractivity contribution in [1.82, 2.24) is 4.90 Å². The zero-order valence-corrected chi connectivity index (χ0v) is 15.9. The molecule has 2 aromatic carbocycles. The number of hydrogen-bond acceptors (Lipinski definition) is 4. The molecule has 2 aromatic rings. The highest BCUT2D eigenvalue weighted by Crippen LogP contribution is 2.36. The number of hydrogen-bond donors (Lipinski definition) is 1. The molecule has 3 rings (SSSR count). The molecule has 0 radical (unpaired) electrons. The summed E-state index contributed by atoms with van der Waals surface area (Å²) in [6.07, 6.45) is 2.17. The number of thioether (sulfide) groups is 1. The first-order chi connectivity index (χ1) is 12.5. The van der Waals surface area contributed by atoms with Crippen LogP contribution < -0.4 is 10.1 Å². The molecule has 0 unspecified atom stereocenters. The number of ether oxygens (including phenoxy) is 1. The second kappa shape index (κ2) is 7.83. The Bertz CT molecular complexity index is 838. The van der Waals surface area contributed by atoms with Gasteiger partial charge in [0.1, 0.15) is 5.75 Å². The van der Waals surface area contributed by atoms with E-state index >= 15 is 0 Å². The molecule has 26 heavy (non-hydrogen) atoms. The van der Waals surface area contributed by atoms with Crippen molar-refractivity contribution < 1.29 is 14.3 Å². The minimum Gasteiger partial charge on any atom is -0.497 e. The van der Waals surface area contributed by atoms with E-state index < -0.39 is 5.92 Å². The number of rotatable bonds is 5. The van der Waals surface area contributed by atoms with Crippen molar-refractivity contribution in [2.24, 2.45) is 0 Å². The fourth-order valence-corrected chi connectivity index (χ4v) is 3.66. The van der Waals surface area contributed by atoms with Crippen molar-refractivity contribution in [1.29, 1.82) is 0 Å². The van der Waals surface area contributed by atoms with Gasteiger partial charge >= 0.3 is 0 Å². The summed E-state index contributed by atoms with van der Waals surface area (Å²) in [6, 6.07) is 13.5. The molecule has 2 amide bonds. The fourth-order valence-electron chi connectivity index (χ4n) is 3.18. The maximum atomic E-state index is 13.1. The van der Waals surface area contributed by atoms with Crippen molar-refractivity contribution in [3.05, 3.63) is 53.6 Å². The quantitative estimate of drug-likeness (QED) is 0.819. The summed E-state index contributed by atoms with van der Waals surface area (Å²) < 4.78 is 5.28. The highest BCUT2D eigenvalue weighted by molar-refractivity contribution is 7.98. The van der Waals surface area contributed by atoms with Crippen LogP contribution in [0.3, 0.4) is 0 Å². The fraction of sp³-hybridized carbons (Fsp3) is 0.300. The molecule has 0 aromatic heterocycles. The van der Waals surface area contributed by atoms with Crippen LogP contribution in [0.25, 0.3) is 0 Å². The third-order valence-corrected chi connectivity index (χ3v) is 5.25. The van der Waals surface area contributed by atoms with Crippen molar-refractivity contribution in [2.75, 3.05) is 25.7 Å². The van der Waals surface area contributed by atoms with E-state index in [2.05, 4.69) is 11.4 Å². The number of carbonyl (C=O) groups is 2. The number of amides is 2. The maximum absolute atomic E-state index is 13.1. The Hall–Kier alpha value is -2.47. The van der Waals surface area contributed by atoms with E-state index in [1.54, 1.807) is 43.0 Å². The molecule has 1 aliphatic rings. The average molecular weight is 370 g/mol. The third-order valence-electron chi connectivity index (χ3n) is 4.53. The molecule has 0 aliphatic carbocycles. The lowest BCUT2D eigenvalue weighted by atomic mass is 9.89. The van der Waals surface area contributed by atoms with Crippen molar-refractivity contribution in [3.8, 4) is 5.75 Å². The van der Waals surface area contributed by atoms with Gasteiger partial charge in [0, 0.05) is 30.6 Å². The summed E-state index contributed by atoms with van der Waals surface area (Å²) in [5.74, 6) is -0.0293. The first-order valence-electron chi connectivity index (χ1n) is 8.37. The predicted molar refractivity (Wildman–Crippen MR) is 104 cm³/mol. The van der Waals surface area contributed by atoms with Gasteiger partial charge in [-0.2, -0.15) is 0 Å². The van der Waals surface area contributed by atoms with Gasteiger partial charge in [-0.3, -0.25) is 9.59 Å². The van der Waals surface area contributed by atoms with Gasteiger partial charge < -0.3 is 15.0 Å². The monoisotopic (exact) mass is 370 g/mol. The van der Waals surface area contributed by atoms with Gasteiger partial charge in [-0.25, -0.2) is 0 Å². The molecular formula is C20H22N2O3S. The zero-order valence-electron chi connectivity index (χ0n) is 15.1. The number of carbonyl (C=O) groups excluding carboxylic acids is 2. The number of nitrogens with one attached hydrogen (secondary N) is 1. The van der Waals surface area contributed by atoms with E-state index in [4.69, 9.17) is 4.74 Å². The van der Waals surface area contributed by atoms with Crippen LogP contribution in [0.1, 0.15) is 23.5 Å². The number of anilines is 1. The molecule has 1 heterocycles. The van der Waals surface area contributed by atoms with Crippen LogP contribution in [0.4, 0.5) is 5.69 Å². The minimum absolute atomic E-state index is 0.0658. The average Bonchev–Trinajstić information content (AvgIpc) is 2.66. The molecule has 0 saturated heterocycles. The van der Waals surface area contributed by atoms with Crippen LogP contribution >= 0.6 is 11.8 Å². The lowest BCUT2D eigenvalue weighted by Gasteiger charge is -2.29. The first kappa shape index (κ1) is 18.3. The number of likely N-dealkylation sites (N-methyl/N-ethyl adjacent to an activating group) is 1. The Labute approximate surface area is 157 Å². The molecular weight excluding hydrogens is 348 g/mol. The second-order valence-corrected chi connectivity index (χ2v) is 7.18. The summed E-state index contributed by atoms with van der Waals surface area (Å²) in [7, 11) is 3.37. The van der Waals surface area contributed by atoms with Crippen molar-refractivity contribution in [2.45, 2.75) is 23.8 Å². The van der Waals surface area contributed by atoms with Crippen LogP contribution in [-0.2, 0) is 16.1 Å². The highest BCUT2D eigenvalue weighted by atomic mass is 32.2. The van der Waals surface area contributed by atoms with Crippen molar-refractivity contribution >= 4 is 29.3 Å². The molecule has 136 valence electrons. The predicted octanol–water partition coefficient (Wildman–Crippen LogP) is 3.50. The minimum atomic E-state index is -0.498. The molecule has 5 nitrogen and oxygen atoms in total. The summed E-state index contributed by atoms with van der Waals surface area (Å²) in [5, 5.41) is 2.83. The second-order valence-electron chi connectivity index (χ2n) is 6.30. The van der Waals surface area contributed by atoms with E-state index in [0.29, 0.717) is 18.0 Å². The van der Waals surface area contributed by atoms with Gasteiger partial charge in [0.2, 0.25) is 11.8 Å². The molecule has 0 spiro atoms. The highest BCUT2D eigenvalue weighted by Gasteiger charge is 2.32. The van der Waals surface area contributed by atoms with Crippen LogP contribution in [-0.4, -0.2) is 37.1 Å². The Balaban J connectivity index is 1.83.